The normalized spacial score (nSPS) is 10.3. The maximum Gasteiger partial charge on any atom is 0.123 e. The Bertz CT molecular complexity index is 437. The highest BCUT2D eigenvalue weighted by molar-refractivity contribution is 5.32. The monoisotopic (exact) mass is 216 g/mol. The zero-order valence-corrected chi connectivity index (χ0v) is 8.86. The van der Waals surface area contributed by atoms with Gasteiger partial charge in [0.05, 0.1) is 0 Å². The Morgan fingerprint density at radius 1 is 1.06 bits per heavy atom. The molecule has 3 heteroatoms. The Kier molecular flexibility index (Phi) is 3.15. The molecule has 0 aliphatic heterocycles. The molecule has 0 atom stereocenters. The van der Waals surface area contributed by atoms with E-state index in [0.717, 1.165) is 24.0 Å². The van der Waals surface area contributed by atoms with Gasteiger partial charge in [-0.05, 0) is 48.2 Å². The van der Waals surface area contributed by atoms with Gasteiger partial charge in [-0.1, -0.05) is 12.1 Å². The molecule has 2 nitrogen and oxygen atoms in total. The molecule has 2 aromatic rings. The number of halogens is 1. The van der Waals surface area contributed by atoms with Gasteiger partial charge >= 0.3 is 0 Å². The molecule has 1 aromatic carbocycles. The van der Waals surface area contributed by atoms with Gasteiger partial charge < -0.3 is 5.73 Å². The van der Waals surface area contributed by atoms with Crippen LogP contribution in [0.3, 0.4) is 0 Å². The summed E-state index contributed by atoms with van der Waals surface area (Å²) in [6.07, 6.45) is 3.34. The lowest BCUT2D eigenvalue weighted by atomic mass is 10.1. The van der Waals surface area contributed by atoms with E-state index in [4.69, 9.17) is 5.73 Å². The second kappa shape index (κ2) is 4.75. The van der Waals surface area contributed by atoms with Crippen molar-refractivity contribution in [2.75, 3.05) is 5.73 Å². The van der Waals surface area contributed by atoms with E-state index in [-0.39, 0.29) is 5.82 Å². The van der Waals surface area contributed by atoms with Gasteiger partial charge in [-0.2, -0.15) is 0 Å². The molecule has 0 bridgehead atoms. The first-order valence-corrected chi connectivity index (χ1v) is 5.19. The van der Waals surface area contributed by atoms with E-state index in [2.05, 4.69) is 4.98 Å². The van der Waals surface area contributed by atoms with Crippen molar-refractivity contribution in [2.45, 2.75) is 12.8 Å². The summed E-state index contributed by atoms with van der Waals surface area (Å²) in [7, 11) is 0. The number of hydrogen-bond donors (Lipinski definition) is 1. The van der Waals surface area contributed by atoms with Crippen molar-refractivity contribution in [3.8, 4) is 0 Å². The van der Waals surface area contributed by atoms with Gasteiger partial charge in [0.15, 0.2) is 0 Å². The van der Waals surface area contributed by atoms with E-state index in [1.807, 2.05) is 18.2 Å². The van der Waals surface area contributed by atoms with Gasteiger partial charge in [-0.25, -0.2) is 9.37 Å². The van der Waals surface area contributed by atoms with Crippen molar-refractivity contribution in [3.05, 3.63) is 59.5 Å². The third-order valence-corrected chi connectivity index (χ3v) is 2.44. The summed E-state index contributed by atoms with van der Waals surface area (Å²) in [4.78, 5) is 3.93. The number of pyridine rings is 1. The predicted molar refractivity (Wildman–Crippen MR) is 62.5 cm³/mol. The lowest BCUT2D eigenvalue weighted by Gasteiger charge is -2.02. The highest BCUT2D eigenvalue weighted by Crippen LogP contribution is 2.10. The predicted octanol–water partition coefficient (Wildman–Crippen LogP) is 2.59. The number of rotatable bonds is 3. The van der Waals surface area contributed by atoms with Gasteiger partial charge in [0.25, 0.3) is 0 Å². The number of hydrogen-bond acceptors (Lipinski definition) is 2. The molecule has 2 N–H and O–H groups in total. The zero-order chi connectivity index (χ0) is 11.4. The van der Waals surface area contributed by atoms with Gasteiger partial charge in [0.2, 0.25) is 0 Å². The Hall–Kier alpha value is -1.90. The van der Waals surface area contributed by atoms with E-state index < -0.39 is 0 Å². The van der Waals surface area contributed by atoms with E-state index in [9.17, 15) is 4.39 Å². The fraction of sp³-hybridized carbons (Fsp3) is 0.154. The lowest BCUT2D eigenvalue weighted by molar-refractivity contribution is 0.625. The summed E-state index contributed by atoms with van der Waals surface area (Å²) in [5, 5.41) is 0. The summed E-state index contributed by atoms with van der Waals surface area (Å²) < 4.78 is 12.9. The number of anilines is 1. The van der Waals surface area contributed by atoms with Crippen LogP contribution >= 0.6 is 0 Å². The largest absolute Gasteiger partial charge is 0.384 e. The summed E-state index contributed by atoms with van der Waals surface area (Å²) in [5.41, 5.74) is 7.70. The first kappa shape index (κ1) is 10.6. The molecule has 82 valence electrons. The Labute approximate surface area is 93.9 Å². The number of aryl methyl sites for hydroxylation is 2. The Balaban J connectivity index is 2.02. The summed E-state index contributed by atoms with van der Waals surface area (Å²) in [6, 6.07) is 10.4. The number of nitrogen functional groups attached to an aromatic ring is 1. The van der Waals surface area contributed by atoms with Crippen LogP contribution in [0.25, 0.3) is 0 Å². The smallest absolute Gasteiger partial charge is 0.123 e. The lowest BCUT2D eigenvalue weighted by Crippen LogP contribution is -1.95. The van der Waals surface area contributed by atoms with Crippen LogP contribution in [0.2, 0.25) is 0 Å². The quantitative estimate of drug-likeness (QED) is 0.856. The minimum Gasteiger partial charge on any atom is -0.384 e. The highest BCUT2D eigenvalue weighted by atomic mass is 19.1. The molecule has 0 aliphatic carbocycles. The minimum absolute atomic E-state index is 0.188. The van der Waals surface area contributed by atoms with Gasteiger partial charge in [0.1, 0.15) is 11.6 Å². The first-order valence-electron chi connectivity index (χ1n) is 5.19. The molecule has 0 fully saturated rings. The van der Waals surface area contributed by atoms with Crippen molar-refractivity contribution < 1.29 is 4.39 Å². The van der Waals surface area contributed by atoms with Crippen LogP contribution in [0, 0.1) is 5.82 Å². The second-order valence-electron chi connectivity index (χ2n) is 3.72. The van der Waals surface area contributed by atoms with E-state index in [1.165, 1.54) is 6.07 Å². The number of benzene rings is 1. The third-order valence-electron chi connectivity index (χ3n) is 2.44. The fourth-order valence-corrected chi connectivity index (χ4v) is 1.63. The van der Waals surface area contributed by atoms with Gasteiger partial charge in [-0.15, -0.1) is 0 Å². The average molecular weight is 216 g/mol. The second-order valence-corrected chi connectivity index (χ2v) is 3.72. The molecule has 16 heavy (non-hydrogen) atoms. The first-order chi connectivity index (χ1) is 7.74. The maximum absolute atomic E-state index is 12.9. The van der Waals surface area contributed by atoms with Crippen molar-refractivity contribution in [3.63, 3.8) is 0 Å². The van der Waals surface area contributed by atoms with Crippen LogP contribution < -0.4 is 5.73 Å². The molecule has 0 spiro atoms. The topological polar surface area (TPSA) is 38.9 Å². The molecule has 1 aromatic heterocycles. The van der Waals surface area contributed by atoms with Crippen molar-refractivity contribution >= 4 is 5.82 Å². The number of aromatic nitrogens is 1. The van der Waals surface area contributed by atoms with Crippen molar-refractivity contribution in [1.82, 2.24) is 4.98 Å². The highest BCUT2D eigenvalue weighted by Gasteiger charge is 1.98. The molecule has 0 saturated heterocycles. The van der Waals surface area contributed by atoms with E-state index in [1.54, 1.807) is 18.3 Å². The summed E-state index contributed by atoms with van der Waals surface area (Å²) >= 11 is 0. The number of nitrogens with zero attached hydrogens (tertiary/aromatic N) is 1. The average Bonchev–Trinajstić information content (AvgIpc) is 2.27. The summed E-state index contributed by atoms with van der Waals surface area (Å²) in [6.45, 7) is 0. The molecular formula is C13H13FN2. The third kappa shape index (κ3) is 2.79. The van der Waals surface area contributed by atoms with Crippen LogP contribution in [-0.4, -0.2) is 4.98 Å². The molecule has 0 saturated carbocycles. The van der Waals surface area contributed by atoms with Crippen LogP contribution in [0.5, 0.6) is 0 Å². The Morgan fingerprint density at radius 2 is 1.81 bits per heavy atom. The summed E-state index contributed by atoms with van der Waals surface area (Å²) in [5.74, 6) is 0.337. The Morgan fingerprint density at radius 3 is 2.50 bits per heavy atom. The van der Waals surface area contributed by atoms with Crippen LogP contribution in [0.1, 0.15) is 11.1 Å². The number of nitrogens with two attached hydrogens (primary N) is 1. The van der Waals surface area contributed by atoms with E-state index >= 15 is 0 Å². The minimum atomic E-state index is -0.188. The van der Waals surface area contributed by atoms with Gasteiger partial charge in [0, 0.05) is 6.20 Å². The van der Waals surface area contributed by atoms with Crippen molar-refractivity contribution in [2.24, 2.45) is 0 Å². The molecule has 0 aliphatic rings. The van der Waals surface area contributed by atoms with Crippen LogP contribution in [0.15, 0.2) is 42.6 Å². The molecule has 0 radical (unpaired) electrons. The van der Waals surface area contributed by atoms with Crippen LogP contribution in [0.4, 0.5) is 10.2 Å². The maximum atomic E-state index is 12.9. The molecule has 2 rings (SSSR count). The molecular weight excluding hydrogens is 203 g/mol. The van der Waals surface area contributed by atoms with Gasteiger partial charge in [-0.3, -0.25) is 0 Å². The van der Waals surface area contributed by atoms with Crippen LogP contribution in [-0.2, 0) is 12.8 Å². The zero-order valence-electron chi connectivity index (χ0n) is 8.86. The van der Waals surface area contributed by atoms with E-state index in [0.29, 0.717) is 5.82 Å². The fourth-order valence-electron chi connectivity index (χ4n) is 1.63. The molecule has 0 unspecified atom stereocenters. The SMILES string of the molecule is Nc1cc(CCc2cccc(F)c2)ccn1. The molecule has 1 heterocycles. The standard InChI is InChI=1S/C13H13FN2/c14-12-3-1-2-10(8-12)4-5-11-6-7-16-13(15)9-11/h1-3,6-9H,4-5H2,(H2,15,16). The molecule has 0 amide bonds. The van der Waals surface area contributed by atoms with Crippen molar-refractivity contribution in [1.29, 1.82) is 0 Å².